The molecule has 0 aromatic heterocycles. The van der Waals surface area contributed by atoms with E-state index in [0.717, 1.165) is 24.9 Å². The summed E-state index contributed by atoms with van der Waals surface area (Å²) in [7, 11) is 0. The Morgan fingerprint density at radius 1 is 1.54 bits per heavy atom. The van der Waals surface area contributed by atoms with E-state index in [9.17, 15) is 4.79 Å². The molecule has 2 heteroatoms. The van der Waals surface area contributed by atoms with Crippen LogP contribution in [0.1, 0.15) is 33.6 Å². The van der Waals surface area contributed by atoms with Gasteiger partial charge in [-0.2, -0.15) is 0 Å². The molecule has 0 aromatic rings. The van der Waals surface area contributed by atoms with Gasteiger partial charge in [-0.15, -0.1) is 0 Å². The minimum Gasteiger partial charge on any atom is -0.298 e. The van der Waals surface area contributed by atoms with Crippen molar-refractivity contribution in [2.45, 2.75) is 33.6 Å². The maximum Gasteiger partial charge on any atom is 0.146 e. The Hall–Kier alpha value is -0.370. The highest BCUT2D eigenvalue weighted by atomic mass is 16.1. The summed E-state index contributed by atoms with van der Waals surface area (Å²) < 4.78 is 0. The van der Waals surface area contributed by atoms with E-state index in [2.05, 4.69) is 18.7 Å². The second-order valence-electron chi connectivity index (χ2n) is 4.42. The average Bonchev–Trinajstić information content (AvgIpc) is 2.52. The van der Waals surface area contributed by atoms with E-state index in [1.54, 1.807) is 0 Å². The Kier molecular flexibility index (Phi) is 3.91. The number of hydrogen-bond acceptors (Lipinski definition) is 2. The normalized spacial score (nSPS) is 24.2. The van der Waals surface area contributed by atoms with Gasteiger partial charge < -0.3 is 0 Å². The van der Waals surface area contributed by atoms with Gasteiger partial charge in [-0.25, -0.2) is 0 Å². The second kappa shape index (κ2) is 4.75. The van der Waals surface area contributed by atoms with E-state index in [1.165, 1.54) is 6.42 Å². The first-order valence-electron chi connectivity index (χ1n) is 5.37. The standard InChI is InChI=1S/C11H21NO/c1-4-11(13)8-12-6-5-10(7-12)9(2)3/h9-10H,4-8H2,1-3H3. The molecule has 13 heavy (non-hydrogen) atoms. The van der Waals surface area contributed by atoms with Crippen LogP contribution in [0.5, 0.6) is 0 Å². The van der Waals surface area contributed by atoms with Crippen molar-refractivity contribution in [3.8, 4) is 0 Å². The average molecular weight is 183 g/mol. The quantitative estimate of drug-likeness (QED) is 0.664. The first-order valence-corrected chi connectivity index (χ1v) is 5.37. The number of likely N-dealkylation sites (tertiary alicyclic amines) is 1. The lowest BCUT2D eigenvalue weighted by molar-refractivity contribution is -0.119. The molecule has 1 heterocycles. The predicted octanol–water partition coefficient (Wildman–Crippen LogP) is 1.94. The van der Waals surface area contributed by atoms with Gasteiger partial charge in [0, 0.05) is 13.0 Å². The maximum absolute atomic E-state index is 11.2. The van der Waals surface area contributed by atoms with Gasteiger partial charge in [0.05, 0.1) is 6.54 Å². The van der Waals surface area contributed by atoms with Gasteiger partial charge in [0.25, 0.3) is 0 Å². The van der Waals surface area contributed by atoms with Crippen LogP contribution >= 0.6 is 0 Å². The molecule has 0 radical (unpaired) electrons. The van der Waals surface area contributed by atoms with E-state index in [-0.39, 0.29) is 0 Å². The number of Topliss-reactive ketones (excluding diaryl/α,β-unsaturated/α-hetero) is 1. The molecule has 1 atom stereocenters. The summed E-state index contributed by atoms with van der Waals surface area (Å²) in [6.07, 6.45) is 1.96. The molecule has 0 aromatic carbocycles. The number of hydrogen-bond donors (Lipinski definition) is 0. The molecule has 0 amide bonds. The zero-order valence-electron chi connectivity index (χ0n) is 9.05. The largest absolute Gasteiger partial charge is 0.298 e. The SMILES string of the molecule is CCC(=O)CN1CCC(C(C)C)C1. The van der Waals surface area contributed by atoms with Gasteiger partial charge in [-0.05, 0) is 24.8 Å². The molecule has 1 unspecified atom stereocenters. The summed E-state index contributed by atoms with van der Waals surface area (Å²) in [6, 6.07) is 0. The summed E-state index contributed by atoms with van der Waals surface area (Å²) in [5, 5.41) is 0. The van der Waals surface area contributed by atoms with Crippen LogP contribution in [0.25, 0.3) is 0 Å². The van der Waals surface area contributed by atoms with Crippen molar-refractivity contribution in [1.82, 2.24) is 4.90 Å². The highest BCUT2D eigenvalue weighted by Crippen LogP contribution is 2.23. The monoisotopic (exact) mass is 183 g/mol. The highest BCUT2D eigenvalue weighted by Gasteiger charge is 2.25. The lowest BCUT2D eigenvalue weighted by atomic mass is 9.95. The van der Waals surface area contributed by atoms with E-state index in [0.29, 0.717) is 18.7 Å². The number of carbonyl (C=O) groups is 1. The Morgan fingerprint density at radius 2 is 2.23 bits per heavy atom. The molecule has 0 N–H and O–H groups in total. The highest BCUT2D eigenvalue weighted by molar-refractivity contribution is 5.80. The number of nitrogens with zero attached hydrogens (tertiary/aromatic N) is 1. The second-order valence-corrected chi connectivity index (χ2v) is 4.42. The summed E-state index contributed by atoms with van der Waals surface area (Å²) >= 11 is 0. The van der Waals surface area contributed by atoms with Crippen LogP contribution in [0.15, 0.2) is 0 Å². The third-order valence-corrected chi connectivity index (χ3v) is 3.05. The van der Waals surface area contributed by atoms with Crippen LogP contribution in [0.3, 0.4) is 0 Å². The van der Waals surface area contributed by atoms with Crippen molar-refractivity contribution in [2.24, 2.45) is 11.8 Å². The third kappa shape index (κ3) is 3.11. The van der Waals surface area contributed by atoms with Crippen LogP contribution in [0.2, 0.25) is 0 Å². The molecule has 0 spiro atoms. The topological polar surface area (TPSA) is 20.3 Å². The molecule has 1 rings (SSSR count). The van der Waals surface area contributed by atoms with Crippen molar-refractivity contribution >= 4 is 5.78 Å². The van der Waals surface area contributed by atoms with Crippen LogP contribution < -0.4 is 0 Å². The Bertz CT molecular complexity index is 177. The van der Waals surface area contributed by atoms with Gasteiger partial charge in [-0.3, -0.25) is 9.69 Å². The van der Waals surface area contributed by atoms with Gasteiger partial charge in [0.2, 0.25) is 0 Å². The molecule has 1 aliphatic rings. The van der Waals surface area contributed by atoms with E-state index < -0.39 is 0 Å². The van der Waals surface area contributed by atoms with Gasteiger partial charge >= 0.3 is 0 Å². The lowest BCUT2D eigenvalue weighted by Crippen LogP contribution is -2.28. The van der Waals surface area contributed by atoms with Crippen molar-refractivity contribution in [3.05, 3.63) is 0 Å². The van der Waals surface area contributed by atoms with Crippen LogP contribution in [-0.4, -0.2) is 30.3 Å². The van der Waals surface area contributed by atoms with Crippen LogP contribution in [0, 0.1) is 11.8 Å². The number of carbonyl (C=O) groups excluding carboxylic acids is 1. The lowest BCUT2D eigenvalue weighted by Gasteiger charge is -2.16. The zero-order valence-corrected chi connectivity index (χ0v) is 9.05. The summed E-state index contributed by atoms with van der Waals surface area (Å²) in [4.78, 5) is 13.5. The first-order chi connectivity index (χ1) is 6.13. The summed E-state index contributed by atoms with van der Waals surface area (Å²) in [5.74, 6) is 1.95. The van der Waals surface area contributed by atoms with Crippen molar-refractivity contribution in [1.29, 1.82) is 0 Å². The predicted molar refractivity (Wildman–Crippen MR) is 54.7 cm³/mol. The summed E-state index contributed by atoms with van der Waals surface area (Å²) in [5.41, 5.74) is 0. The smallest absolute Gasteiger partial charge is 0.146 e. The third-order valence-electron chi connectivity index (χ3n) is 3.05. The minimum absolute atomic E-state index is 0.379. The van der Waals surface area contributed by atoms with Crippen LogP contribution in [-0.2, 0) is 4.79 Å². The van der Waals surface area contributed by atoms with Crippen LogP contribution in [0.4, 0.5) is 0 Å². The fraction of sp³-hybridized carbons (Fsp3) is 0.909. The summed E-state index contributed by atoms with van der Waals surface area (Å²) in [6.45, 7) is 9.42. The Balaban J connectivity index is 2.29. The minimum atomic E-state index is 0.379. The van der Waals surface area contributed by atoms with Crippen molar-refractivity contribution in [2.75, 3.05) is 19.6 Å². The maximum atomic E-state index is 11.2. The molecular weight excluding hydrogens is 162 g/mol. The van der Waals surface area contributed by atoms with Gasteiger partial charge in [0.1, 0.15) is 5.78 Å². The Morgan fingerprint density at radius 3 is 2.69 bits per heavy atom. The molecule has 0 bridgehead atoms. The fourth-order valence-corrected chi connectivity index (χ4v) is 1.91. The molecule has 2 nitrogen and oxygen atoms in total. The first kappa shape index (κ1) is 10.7. The van der Waals surface area contributed by atoms with E-state index >= 15 is 0 Å². The molecule has 1 saturated heterocycles. The van der Waals surface area contributed by atoms with Crippen molar-refractivity contribution in [3.63, 3.8) is 0 Å². The number of rotatable bonds is 4. The van der Waals surface area contributed by atoms with Crippen molar-refractivity contribution < 1.29 is 4.79 Å². The molecular formula is C11H21NO. The zero-order chi connectivity index (χ0) is 9.84. The molecule has 0 saturated carbocycles. The number of ketones is 1. The molecule has 76 valence electrons. The fourth-order valence-electron chi connectivity index (χ4n) is 1.91. The molecule has 1 fully saturated rings. The van der Waals surface area contributed by atoms with E-state index in [4.69, 9.17) is 0 Å². The molecule has 1 aliphatic heterocycles. The van der Waals surface area contributed by atoms with E-state index in [1.807, 2.05) is 6.92 Å². The Labute approximate surface area is 81.3 Å². The molecule has 0 aliphatic carbocycles. The van der Waals surface area contributed by atoms with Gasteiger partial charge in [0.15, 0.2) is 0 Å². The van der Waals surface area contributed by atoms with Gasteiger partial charge in [-0.1, -0.05) is 20.8 Å².